The predicted octanol–water partition coefficient (Wildman–Crippen LogP) is 4.46. The highest BCUT2D eigenvalue weighted by molar-refractivity contribution is 6.36. The molecule has 0 fully saturated rings. The van der Waals surface area contributed by atoms with E-state index >= 15 is 0 Å². The molecule has 1 aromatic carbocycles. The summed E-state index contributed by atoms with van der Waals surface area (Å²) in [5, 5.41) is 6.79. The topological polar surface area (TPSA) is 54.0 Å². The minimum Gasteiger partial charge on any atom is -0.370 e. The Morgan fingerprint density at radius 2 is 2.05 bits per heavy atom. The van der Waals surface area contributed by atoms with Gasteiger partial charge >= 0.3 is 0 Å². The normalized spacial score (nSPS) is 10.2. The zero-order valence-electron chi connectivity index (χ0n) is 11.5. The van der Waals surface area contributed by atoms with Crippen molar-refractivity contribution in [1.82, 2.24) is 4.98 Å². The van der Waals surface area contributed by atoms with Crippen molar-refractivity contribution in [2.45, 2.75) is 13.3 Å². The van der Waals surface area contributed by atoms with Gasteiger partial charge < -0.3 is 10.6 Å². The van der Waals surface area contributed by atoms with Crippen molar-refractivity contribution >= 4 is 40.6 Å². The molecule has 0 spiro atoms. The van der Waals surface area contributed by atoms with Gasteiger partial charge in [0.25, 0.3) is 5.91 Å². The van der Waals surface area contributed by atoms with Crippen molar-refractivity contribution in [3.05, 3.63) is 52.1 Å². The molecule has 0 bridgehead atoms. The number of halogens is 2. The molecule has 4 nitrogen and oxygen atoms in total. The minimum absolute atomic E-state index is 0.270. The summed E-state index contributed by atoms with van der Waals surface area (Å²) in [4.78, 5) is 16.3. The Hall–Kier alpha value is -1.78. The second kappa shape index (κ2) is 7.29. The van der Waals surface area contributed by atoms with E-state index < -0.39 is 0 Å². The molecule has 0 atom stereocenters. The summed E-state index contributed by atoms with van der Waals surface area (Å²) < 4.78 is 0. The molecule has 0 aliphatic carbocycles. The third-order valence-electron chi connectivity index (χ3n) is 2.76. The third kappa shape index (κ3) is 4.34. The standard InChI is InChI=1S/C15H15Cl2N3O/c1-2-7-18-14-6-3-10(9-19-14)15(21)20-13-5-4-11(16)8-12(13)17/h3-6,8-9H,2,7H2,1H3,(H,18,19)(H,20,21). The van der Waals surface area contributed by atoms with E-state index in [9.17, 15) is 4.79 Å². The molecule has 0 unspecified atom stereocenters. The fourth-order valence-electron chi connectivity index (χ4n) is 1.67. The number of rotatable bonds is 5. The summed E-state index contributed by atoms with van der Waals surface area (Å²) in [5.41, 5.74) is 0.974. The fraction of sp³-hybridized carbons (Fsp3) is 0.200. The zero-order chi connectivity index (χ0) is 15.2. The number of benzene rings is 1. The van der Waals surface area contributed by atoms with Gasteiger partial charge in [-0.05, 0) is 36.8 Å². The number of aromatic nitrogens is 1. The molecule has 0 saturated carbocycles. The lowest BCUT2D eigenvalue weighted by Crippen LogP contribution is -2.13. The Balaban J connectivity index is 2.06. The number of carbonyl (C=O) groups excluding carboxylic acids is 1. The van der Waals surface area contributed by atoms with Crippen LogP contribution >= 0.6 is 23.2 Å². The summed E-state index contributed by atoms with van der Waals surface area (Å²) >= 11 is 11.8. The van der Waals surface area contributed by atoms with Gasteiger partial charge in [0.15, 0.2) is 0 Å². The van der Waals surface area contributed by atoms with Crippen LogP contribution in [0.25, 0.3) is 0 Å². The average molecular weight is 324 g/mol. The summed E-state index contributed by atoms with van der Waals surface area (Å²) in [6.07, 6.45) is 2.54. The van der Waals surface area contributed by atoms with Gasteiger partial charge in [-0.3, -0.25) is 4.79 Å². The Labute approximate surface area is 133 Å². The average Bonchev–Trinajstić information content (AvgIpc) is 2.48. The van der Waals surface area contributed by atoms with Gasteiger partial charge in [-0.1, -0.05) is 30.1 Å². The zero-order valence-corrected chi connectivity index (χ0v) is 13.0. The molecule has 2 N–H and O–H groups in total. The van der Waals surface area contributed by atoms with Crippen LogP contribution in [0.15, 0.2) is 36.5 Å². The van der Waals surface area contributed by atoms with E-state index in [-0.39, 0.29) is 5.91 Å². The van der Waals surface area contributed by atoms with Crippen molar-refractivity contribution in [3.63, 3.8) is 0 Å². The van der Waals surface area contributed by atoms with Crippen molar-refractivity contribution in [2.75, 3.05) is 17.2 Å². The van der Waals surface area contributed by atoms with E-state index in [1.165, 1.54) is 6.20 Å². The number of hydrogen-bond acceptors (Lipinski definition) is 3. The smallest absolute Gasteiger partial charge is 0.257 e. The molecular weight excluding hydrogens is 309 g/mol. The van der Waals surface area contributed by atoms with E-state index in [0.29, 0.717) is 21.3 Å². The van der Waals surface area contributed by atoms with Crippen molar-refractivity contribution in [3.8, 4) is 0 Å². The molecule has 1 heterocycles. The molecule has 2 aromatic rings. The molecule has 110 valence electrons. The Morgan fingerprint density at radius 1 is 1.24 bits per heavy atom. The maximum atomic E-state index is 12.1. The van der Waals surface area contributed by atoms with E-state index in [0.717, 1.165) is 18.8 Å². The van der Waals surface area contributed by atoms with Crippen LogP contribution in [-0.2, 0) is 0 Å². The number of anilines is 2. The van der Waals surface area contributed by atoms with Gasteiger partial charge in [-0.2, -0.15) is 0 Å². The number of hydrogen-bond donors (Lipinski definition) is 2. The third-order valence-corrected chi connectivity index (χ3v) is 3.31. The van der Waals surface area contributed by atoms with Gasteiger partial charge in [0.1, 0.15) is 5.82 Å². The fourth-order valence-corrected chi connectivity index (χ4v) is 2.13. The van der Waals surface area contributed by atoms with Crippen LogP contribution < -0.4 is 10.6 Å². The lowest BCUT2D eigenvalue weighted by Gasteiger charge is -2.08. The second-order valence-electron chi connectivity index (χ2n) is 4.44. The Bertz CT molecular complexity index is 629. The van der Waals surface area contributed by atoms with Crippen LogP contribution in [0.3, 0.4) is 0 Å². The number of carbonyl (C=O) groups is 1. The maximum absolute atomic E-state index is 12.1. The monoisotopic (exact) mass is 323 g/mol. The molecule has 1 amide bonds. The summed E-state index contributed by atoms with van der Waals surface area (Å²) in [7, 11) is 0. The van der Waals surface area contributed by atoms with Gasteiger partial charge in [0.2, 0.25) is 0 Å². The number of nitrogens with zero attached hydrogens (tertiary/aromatic N) is 1. The van der Waals surface area contributed by atoms with E-state index in [1.807, 2.05) is 0 Å². The molecule has 0 radical (unpaired) electrons. The van der Waals surface area contributed by atoms with Gasteiger partial charge in [0, 0.05) is 17.8 Å². The molecule has 2 rings (SSSR count). The second-order valence-corrected chi connectivity index (χ2v) is 5.28. The molecule has 1 aromatic heterocycles. The molecule has 6 heteroatoms. The number of nitrogens with one attached hydrogen (secondary N) is 2. The quantitative estimate of drug-likeness (QED) is 0.853. The van der Waals surface area contributed by atoms with E-state index in [4.69, 9.17) is 23.2 Å². The summed E-state index contributed by atoms with van der Waals surface area (Å²) in [5.74, 6) is 0.478. The predicted molar refractivity (Wildman–Crippen MR) is 87.4 cm³/mol. The van der Waals surface area contributed by atoms with Crippen LogP contribution in [0.5, 0.6) is 0 Å². The first-order valence-corrected chi connectivity index (χ1v) is 7.32. The van der Waals surface area contributed by atoms with Crippen molar-refractivity contribution < 1.29 is 4.79 Å². The van der Waals surface area contributed by atoms with E-state index in [1.54, 1.807) is 30.3 Å². The van der Waals surface area contributed by atoms with Crippen LogP contribution in [0.2, 0.25) is 10.0 Å². The maximum Gasteiger partial charge on any atom is 0.257 e. The highest BCUT2D eigenvalue weighted by atomic mass is 35.5. The Kier molecular flexibility index (Phi) is 5.42. The van der Waals surface area contributed by atoms with Crippen molar-refractivity contribution in [1.29, 1.82) is 0 Å². The highest BCUT2D eigenvalue weighted by Gasteiger charge is 2.09. The first-order valence-electron chi connectivity index (χ1n) is 6.56. The molecular formula is C15H15Cl2N3O. The first-order chi connectivity index (χ1) is 10.1. The lowest BCUT2D eigenvalue weighted by atomic mass is 10.2. The lowest BCUT2D eigenvalue weighted by molar-refractivity contribution is 0.102. The SMILES string of the molecule is CCCNc1ccc(C(=O)Nc2ccc(Cl)cc2Cl)cn1. The van der Waals surface area contributed by atoms with Crippen molar-refractivity contribution in [2.24, 2.45) is 0 Å². The van der Waals surface area contributed by atoms with E-state index in [2.05, 4.69) is 22.5 Å². The molecule has 21 heavy (non-hydrogen) atoms. The van der Waals surface area contributed by atoms with Crippen LogP contribution in [-0.4, -0.2) is 17.4 Å². The number of pyridine rings is 1. The van der Waals surface area contributed by atoms with Crippen LogP contribution in [0, 0.1) is 0 Å². The number of amides is 1. The summed E-state index contributed by atoms with van der Waals surface area (Å²) in [6, 6.07) is 8.39. The molecule has 0 aliphatic rings. The van der Waals surface area contributed by atoms with Gasteiger partial charge in [-0.15, -0.1) is 0 Å². The van der Waals surface area contributed by atoms with Crippen LogP contribution in [0.4, 0.5) is 11.5 Å². The minimum atomic E-state index is -0.270. The van der Waals surface area contributed by atoms with Gasteiger partial charge in [-0.25, -0.2) is 4.98 Å². The Morgan fingerprint density at radius 3 is 2.67 bits per heavy atom. The highest BCUT2D eigenvalue weighted by Crippen LogP contribution is 2.25. The molecule has 0 aliphatic heterocycles. The van der Waals surface area contributed by atoms with Gasteiger partial charge in [0.05, 0.1) is 16.3 Å². The molecule has 0 saturated heterocycles. The first kappa shape index (κ1) is 15.6. The van der Waals surface area contributed by atoms with Crippen LogP contribution in [0.1, 0.15) is 23.7 Å². The summed E-state index contributed by atoms with van der Waals surface area (Å²) in [6.45, 7) is 2.92. The largest absolute Gasteiger partial charge is 0.370 e.